The van der Waals surface area contributed by atoms with Gasteiger partial charge in [0, 0.05) is 19.0 Å². The van der Waals surface area contributed by atoms with Crippen LogP contribution in [0.2, 0.25) is 0 Å². The molecule has 2 fully saturated rings. The molecule has 0 atom stereocenters. The molecule has 1 aliphatic carbocycles. The van der Waals surface area contributed by atoms with Crippen LogP contribution in [0, 0.1) is 0 Å². The van der Waals surface area contributed by atoms with E-state index in [2.05, 4.69) is 20.5 Å². The summed E-state index contributed by atoms with van der Waals surface area (Å²) < 4.78 is 12.1. The molecule has 0 bridgehead atoms. The summed E-state index contributed by atoms with van der Waals surface area (Å²) in [6, 6.07) is 1.90. The van der Waals surface area contributed by atoms with Gasteiger partial charge >= 0.3 is 0 Å². The van der Waals surface area contributed by atoms with Crippen molar-refractivity contribution in [2.24, 2.45) is 0 Å². The van der Waals surface area contributed by atoms with Gasteiger partial charge in [-0.2, -0.15) is 4.98 Å². The van der Waals surface area contributed by atoms with Crippen LogP contribution in [0.3, 0.4) is 0 Å². The molecule has 0 unspecified atom stereocenters. The van der Waals surface area contributed by atoms with Crippen LogP contribution in [0.25, 0.3) is 11.6 Å². The largest absolute Gasteiger partial charge is 0.472 e. The maximum absolute atomic E-state index is 12.4. The molecule has 2 aliphatic rings. The predicted octanol–water partition coefficient (Wildman–Crippen LogP) is 2.28. The second kappa shape index (κ2) is 6.08. The molecule has 26 heavy (non-hydrogen) atoms. The number of aromatic nitrogens is 5. The summed E-state index contributed by atoms with van der Waals surface area (Å²) in [5.41, 5.74) is 1.19. The molecule has 134 valence electrons. The third-order valence-electron chi connectivity index (χ3n) is 5.01. The minimum atomic E-state index is 0.00921. The van der Waals surface area contributed by atoms with Gasteiger partial charge in [-0.1, -0.05) is 10.4 Å². The molecule has 9 heteroatoms. The Kier molecular flexibility index (Phi) is 3.58. The highest BCUT2D eigenvalue weighted by Crippen LogP contribution is 2.38. The molecular formula is C17H18N6O3. The Morgan fingerprint density at radius 2 is 2.04 bits per heavy atom. The number of hydrogen-bond acceptors (Lipinski definition) is 7. The van der Waals surface area contributed by atoms with Gasteiger partial charge in [0.1, 0.15) is 6.26 Å². The van der Waals surface area contributed by atoms with Gasteiger partial charge in [-0.3, -0.25) is 4.79 Å². The predicted molar refractivity (Wildman–Crippen MR) is 88.2 cm³/mol. The number of hydrogen-bond donors (Lipinski definition) is 0. The molecule has 1 saturated heterocycles. The first-order valence-corrected chi connectivity index (χ1v) is 8.85. The van der Waals surface area contributed by atoms with Crippen molar-refractivity contribution in [3.05, 3.63) is 36.2 Å². The summed E-state index contributed by atoms with van der Waals surface area (Å²) >= 11 is 0. The Morgan fingerprint density at radius 1 is 1.19 bits per heavy atom. The van der Waals surface area contributed by atoms with Crippen LogP contribution < -0.4 is 0 Å². The molecule has 0 aromatic carbocycles. The average Bonchev–Trinajstić information content (AvgIpc) is 3.14. The SMILES string of the molecule is O=C(c1ccoc1)N1CCC(n2cc(-c3nc(C4CC4)no3)nn2)CC1. The van der Waals surface area contributed by atoms with Gasteiger partial charge in [0.25, 0.3) is 11.8 Å². The molecule has 0 N–H and O–H groups in total. The van der Waals surface area contributed by atoms with Gasteiger partial charge in [-0.15, -0.1) is 5.10 Å². The second-order valence-electron chi connectivity index (χ2n) is 6.85. The zero-order chi connectivity index (χ0) is 17.5. The lowest BCUT2D eigenvalue weighted by molar-refractivity contribution is 0.0688. The zero-order valence-corrected chi connectivity index (χ0v) is 14.1. The van der Waals surface area contributed by atoms with E-state index in [0.717, 1.165) is 31.5 Å². The Morgan fingerprint density at radius 3 is 2.77 bits per heavy atom. The first-order chi connectivity index (χ1) is 12.8. The van der Waals surface area contributed by atoms with Crippen molar-refractivity contribution in [3.8, 4) is 11.6 Å². The van der Waals surface area contributed by atoms with Crippen LogP contribution >= 0.6 is 0 Å². The van der Waals surface area contributed by atoms with Gasteiger partial charge in [0.2, 0.25) is 0 Å². The van der Waals surface area contributed by atoms with Crippen molar-refractivity contribution in [1.29, 1.82) is 0 Å². The number of piperidine rings is 1. The van der Waals surface area contributed by atoms with Crippen LogP contribution in [-0.2, 0) is 0 Å². The van der Waals surface area contributed by atoms with Gasteiger partial charge in [-0.25, -0.2) is 4.68 Å². The summed E-state index contributed by atoms with van der Waals surface area (Å²) in [6.07, 6.45) is 8.75. The fourth-order valence-corrected chi connectivity index (χ4v) is 3.30. The molecule has 3 aromatic rings. The molecule has 5 rings (SSSR count). The number of furan rings is 1. The third-order valence-corrected chi connectivity index (χ3v) is 5.01. The van der Waals surface area contributed by atoms with E-state index in [4.69, 9.17) is 8.94 Å². The Balaban J connectivity index is 1.24. The first-order valence-electron chi connectivity index (χ1n) is 8.85. The van der Waals surface area contributed by atoms with Crippen LogP contribution in [0.15, 0.2) is 33.7 Å². The number of rotatable bonds is 4. The number of carbonyl (C=O) groups is 1. The summed E-state index contributed by atoms with van der Waals surface area (Å²) in [6.45, 7) is 1.35. The van der Waals surface area contributed by atoms with Crippen molar-refractivity contribution in [3.63, 3.8) is 0 Å². The van der Waals surface area contributed by atoms with E-state index in [1.807, 2.05) is 15.8 Å². The van der Waals surface area contributed by atoms with E-state index in [1.165, 1.54) is 12.5 Å². The Labute approximate surface area is 149 Å². The van der Waals surface area contributed by atoms with Gasteiger partial charge < -0.3 is 13.8 Å². The van der Waals surface area contributed by atoms with Crippen molar-refractivity contribution in [2.45, 2.75) is 37.6 Å². The number of amides is 1. The highest BCUT2D eigenvalue weighted by Gasteiger charge is 2.30. The smallest absolute Gasteiger partial charge is 0.280 e. The Hall–Kier alpha value is -2.97. The van der Waals surface area contributed by atoms with Crippen LogP contribution in [0.5, 0.6) is 0 Å². The number of carbonyl (C=O) groups excluding carboxylic acids is 1. The summed E-state index contributed by atoms with van der Waals surface area (Å²) in [5, 5.41) is 12.4. The van der Waals surface area contributed by atoms with Gasteiger partial charge in [0.05, 0.1) is 24.1 Å². The highest BCUT2D eigenvalue weighted by atomic mass is 16.5. The first kappa shape index (κ1) is 15.3. The molecule has 1 aliphatic heterocycles. The minimum Gasteiger partial charge on any atom is -0.472 e. The third kappa shape index (κ3) is 2.79. The van der Waals surface area contributed by atoms with E-state index in [0.29, 0.717) is 36.2 Å². The normalized spacial score (nSPS) is 18.4. The maximum atomic E-state index is 12.4. The van der Waals surface area contributed by atoms with Crippen molar-refractivity contribution < 1.29 is 13.7 Å². The lowest BCUT2D eigenvalue weighted by atomic mass is 10.0. The highest BCUT2D eigenvalue weighted by molar-refractivity contribution is 5.93. The molecule has 1 saturated carbocycles. The van der Waals surface area contributed by atoms with Crippen LogP contribution in [0.1, 0.15) is 53.8 Å². The summed E-state index contributed by atoms with van der Waals surface area (Å²) in [7, 11) is 0. The maximum Gasteiger partial charge on any atom is 0.280 e. The summed E-state index contributed by atoms with van der Waals surface area (Å²) in [4.78, 5) is 18.6. The molecule has 0 spiro atoms. The molecule has 0 radical (unpaired) electrons. The monoisotopic (exact) mass is 354 g/mol. The van der Waals surface area contributed by atoms with Crippen molar-refractivity contribution in [1.82, 2.24) is 30.0 Å². The minimum absolute atomic E-state index is 0.00921. The molecule has 1 amide bonds. The average molecular weight is 354 g/mol. The molecular weight excluding hydrogens is 336 g/mol. The molecule has 9 nitrogen and oxygen atoms in total. The second-order valence-corrected chi connectivity index (χ2v) is 6.85. The van der Waals surface area contributed by atoms with Crippen molar-refractivity contribution in [2.75, 3.05) is 13.1 Å². The van der Waals surface area contributed by atoms with Gasteiger partial charge in [-0.05, 0) is 31.7 Å². The fourth-order valence-electron chi connectivity index (χ4n) is 3.30. The van der Waals surface area contributed by atoms with E-state index >= 15 is 0 Å². The molecule has 4 heterocycles. The number of nitrogens with zero attached hydrogens (tertiary/aromatic N) is 6. The van der Waals surface area contributed by atoms with E-state index in [1.54, 1.807) is 6.07 Å². The number of likely N-dealkylation sites (tertiary alicyclic amines) is 1. The van der Waals surface area contributed by atoms with Crippen LogP contribution in [0.4, 0.5) is 0 Å². The van der Waals surface area contributed by atoms with Crippen molar-refractivity contribution >= 4 is 5.91 Å². The molecule has 3 aromatic heterocycles. The zero-order valence-electron chi connectivity index (χ0n) is 14.1. The fraction of sp³-hybridized carbons (Fsp3) is 0.471. The topological polar surface area (TPSA) is 103 Å². The quantitative estimate of drug-likeness (QED) is 0.708. The standard InChI is InChI=1S/C17H18N6O3/c24-17(12-5-8-25-10-12)22-6-3-13(4-7-22)23-9-14(19-21-23)16-18-15(20-26-16)11-1-2-11/h5,8-11,13H,1-4,6-7H2. The lowest BCUT2D eigenvalue weighted by Crippen LogP contribution is -2.39. The Bertz CT molecular complexity index is 903. The summed E-state index contributed by atoms with van der Waals surface area (Å²) in [5.74, 6) is 1.64. The van der Waals surface area contributed by atoms with E-state index < -0.39 is 0 Å². The lowest BCUT2D eigenvalue weighted by Gasteiger charge is -2.31. The van der Waals surface area contributed by atoms with Gasteiger partial charge in [0.15, 0.2) is 11.5 Å². The van der Waals surface area contributed by atoms with E-state index in [9.17, 15) is 4.79 Å². The van der Waals surface area contributed by atoms with Crippen LogP contribution in [-0.4, -0.2) is 49.0 Å². The van der Waals surface area contributed by atoms with E-state index in [-0.39, 0.29) is 11.9 Å².